The van der Waals surface area contributed by atoms with E-state index in [1.807, 2.05) is 0 Å². The van der Waals surface area contributed by atoms with Crippen LogP contribution in [0.2, 0.25) is 0 Å². The van der Waals surface area contributed by atoms with E-state index in [1.54, 1.807) is 11.3 Å². The summed E-state index contributed by atoms with van der Waals surface area (Å²) in [6, 6.07) is 1.15. The molecule has 108 valence electrons. The largest absolute Gasteiger partial charge is 0.346 e. The first-order chi connectivity index (χ1) is 8.97. The van der Waals surface area contributed by atoms with Crippen molar-refractivity contribution < 1.29 is 0 Å². The summed E-state index contributed by atoms with van der Waals surface area (Å²) in [6.45, 7) is 9.74. The average molecular weight is 282 g/mol. The number of rotatable bonds is 5. The fourth-order valence-electron chi connectivity index (χ4n) is 2.61. The van der Waals surface area contributed by atoms with Gasteiger partial charge in [-0.2, -0.15) is 0 Å². The van der Waals surface area contributed by atoms with Gasteiger partial charge in [-0.25, -0.2) is 4.98 Å². The highest BCUT2D eigenvalue weighted by atomic mass is 32.1. The van der Waals surface area contributed by atoms with E-state index in [0.717, 1.165) is 25.3 Å². The Morgan fingerprint density at radius 3 is 2.79 bits per heavy atom. The summed E-state index contributed by atoms with van der Waals surface area (Å²) in [7, 11) is 4.34. The van der Waals surface area contributed by atoms with Crippen molar-refractivity contribution in [3.8, 4) is 0 Å². The highest BCUT2D eigenvalue weighted by Crippen LogP contribution is 2.28. The van der Waals surface area contributed by atoms with Crippen LogP contribution in [-0.4, -0.2) is 49.2 Å². The first-order valence-corrected chi connectivity index (χ1v) is 7.94. The molecular formula is C14H26N4S. The number of anilines is 1. The summed E-state index contributed by atoms with van der Waals surface area (Å²) in [6.07, 6.45) is 0. The zero-order chi connectivity index (χ0) is 14.0. The lowest BCUT2D eigenvalue weighted by molar-refractivity contribution is 0.266. The third kappa shape index (κ3) is 3.68. The predicted molar refractivity (Wildman–Crippen MR) is 82.9 cm³/mol. The van der Waals surface area contributed by atoms with E-state index in [9.17, 15) is 0 Å². The molecule has 1 saturated heterocycles. The Bertz CT molecular complexity index is 402. The van der Waals surface area contributed by atoms with Crippen LogP contribution in [0.1, 0.15) is 26.5 Å². The standard InChI is InChI=1S/C14H26N4S/c1-10(2)15-6-12-9-19-14(16-12)18-7-11(3)13(8-18)17(4)5/h9-11,13,15H,6-8H2,1-5H3. The Morgan fingerprint density at radius 2 is 2.21 bits per heavy atom. The minimum atomic E-state index is 0.509. The highest BCUT2D eigenvalue weighted by Gasteiger charge is 2.32. The van der Waals surface area contributed by atoms with Gasteiger partial charge in [0.25, 0.3) is 0 Å². The summed E-state index contributed by atoms with van der Waals surface area (Å²) < 4.78 is 0. The van der Waals surface area contributed by atoms with Crippen molar-refractivity contribution in [1.29, 1.82) is 0 Å². The molecular weight excluding hydrogens is 256 g/mol. The van der Waals surface area contributed by atoms with Gasteiger partial charge in [-0.05, 0) is 20.0 Å². The van der Waals surface area contributed by atoms with Crippen LogP contribution in [0.25, 0.3) is 0 Å². The van der Waals surface area contributed by atoms with Crippen LogP contribution in [0.3, 0.4) is 0 Å². The molecule has 0 aromatic carbocycles. The van der Waals surface area contributed by atoms with Gasteiger partial charge in [0.15, 0.2) is 5.13 Å². The monoisotopic (exact) mass is 282 g/mol. The maximum atomic E-state index is 4.76. The fraction of sp³-hybridized carbons (Fsp3) is 0.786. The Balaban J connectivity index is 1.96. The van der Waals surface area contributed by atoms with Crippen LogP contribution < -0.4 is 10.2 Å². The third-order valence-electron chi connectivity index (χ3n) is 3.74. The molecule has 2 atom stereocenters. The molecule has 0 amide bonds. The fourth-order valence-corrected chi connectivity index (χ4v) is 3.46. The molecule has 5 heteroatoms. The molecule has 1 fully saturated rings. The molecule has 0 saturated carbocycles. The molecule has 1 aromatic heterocycles. The maximum Gasteiger partial charge on any atom is 0.185 e. The maximum absolute atomic E-state index is 4.76. The van der Waals surface area contributed by atoms with Crippen LogP contribution in [0.15, 0.2) is 5.38 Å². The first-order valence-electron chi connectivity index (χ1n) is 7.06. The number of hydrogen-bond acceptors (Lipinski definition) is 5. The van der Waals surface area contributed by atoms with Crippen molar-refractivity contribution in [3.63, 3.8) is 0 Å². The summed E-state index contributed by atoms with van der Waals surface area (Å²) in [5.41, 5.74) is 1.16. The molecule has 2 rings (SSSR count). The predicted octanol–water partition coefficient (Wildman–Crippen LogP) is 2.03. The zero-order valence-corrected chi connectivity index (χ0v) is 13.5. The van der Waals surface area contributed by atoms with Crippen molar-refractivity contribution >= 4 is 16.5 Å². The van der Waals surface area contributed by atoms with E-state index in [1.165, 1.54) is 5.13 Å². The normalized spacial score (nSPS) is 23.8. The average Bonchev–Trinajstić information content (AvgIpc) is 2.92. The topological polar surface area (TPSA) is 31.4 Å². The quantitative estimate of drug-likeness (QED) is 0.895. The second-order valence-electron chi connectivity index (χ2n) is 6.07. The number of aromatic nitrogens is 1. The summed E-state index contributed by atoms with van der Waals surface area (Å²) >= 11 is 1.77. The Hall–Kier alpha value is -0.650. The molecule has 1 aliphatic heterocycles. The molecule has 1 aliphatic rings. The van der Waals surface area contributed by atoms with Gasteiger partial charge in [-0.1, -0.05) is 20.8 Å². The van der Waals surface area contributed by atoms with Crippen molar-refractivity contribution in [1.82, 2.24) is 15.2 Å². The van der Waals surface area contributed by atoms with E-state index < -0.39 is 0 Å². The lowest BCUT2D eigenvalue weighted by Gasteiger charge is -2.22. The van der Waals surface area contributed by atoms with Gasteiger partial charge in [0, 0.05) is 37.1 Å². The highest BCUT2D eigenvalue weighted by molar-refractivity contribution is 7.13. The van der Waals surface area contributed by atoms with Gasteiger partial charge in [-0.3, -0.25) is 0 Å². The molecule has 2 unspecified atom stereocenters. The van der Waals surface area contributed by atoms with Crippen molar-refractivity contribution in [2.45, 2.75) is 39.4 Å². The van der Waals surface area contributed by atoms with Crippen molar-refractivity contribution in [3.05, 3.63) is 11.1 Å². The zero-order valence-electron chi connectivity index (χ0n) is 12.7. The van der Waals surface area contributed by atoms with Gasteiger partial charge >= 0.3 is 0 Å². The third-order valence-corrected chi connectivity index (χ3v) is 4.69. The smallest absolute Gasteiger partial charge is 0.185 e. The minimum Gasteiger partial charge on any atom is -0.346 e. The number of thiazole rings is 1. The van der Waals surface area contributed by atoms with E-state index >= 15 is 0 Å². The van der Waals surface area contributed by atoms with E-state index in [4.69, 9.17) is 4.98 Å². The molecule has 0 radical (unpaired) electrons. The van der Waals surface area contributed by atoms with Crippen LogP contribution in [0.4, 0.5) is 5.13 Å². The lowest BCUT2D eigenvalue weighted by atomic mass is 10.1. The Morgan fingerprint density at radius 1 is 1.47 bits per heavy atom. The van der Waals surface area contributed by atoms with Crippen molar-refractivity contribution in [2.24, 2.45) is 5.92 Å². The van der Waals surface area contributed by atoms with E-state index in [2.05, 4.69) is 55.4 Å². The minimum absolute atomic E-state index is 0.509. The summed E-state index contributed by atoms with van der Waals surface area (Å²) in [4.78, 5) is 9.52. The van der Waals surface area contributed by atoms with Gasteiger partial charge in [0.1, 0.15) is 0 Å². The number of nitrogens with zero attached hydrogens (tertiary/aromatic N) is 3. The second-order valence-corrected chi connectivity index (χ2v) is 6.91. The summed E-state index contributed by atoms with van der Waals surface area (Å²) in [5.74, 6) is 0.705. The molecule has 19 heavy (non-hydrogen) atoms. The van der Waals surface area contributed by atoms with Crippen LogP contribution >= 0.6 is 11.3 Å². The Kier molecular flexibility index (Phi) is 4.81. The lowest BCUT2D eigenvalue weighted by Crippen LogP contribution is -2.34. The molecule has 0 spiro atoms. The van der Waals surface area contributed by atoms with Crippen LogP contribution in [-0.2, 0) is 6.54 Å². The van der Waals surface area contributed by atoms with E-state index in [-0.39, 0.29) is 0 Å². The molecule has 1 aromatic rings. The number of likely N-dealkylation sites (N-methyl/N-ethyl adjacent to an activating group) is 1. The van der Waals surface area contributed by atoms with Gasteiger partial charge in [-0.15, -0.1) is 11.3 Å². The van der Waals surface area contributed by atoms with Gasteiger partial charge < -0.3 is 15.1 Å². The number of nitrogens with one attached hydrogen (secondary N) is 1. The van der Waals surface area contributed by atoms with Gasteiger partial charge in [0.05, 0.1) is 5.69 Å². The number of hydrogen-bond donors (Lipinski definition) is 1. The molecule has 0 bridgehead atoms. The molecule has 4 nitrogen and oxygen atoms in total. The summed E-state index contributed by atoms with van der Waals surface area (Å²) in [5, 5.41) is 6.78. The van der Waals surface area contributed by atoms with Crippen LogP contribution in [0, 0.1) is 5.92 Å². The first kappa shape index (κ1) is 14.8. The van der Waals surface area contributed by atoms with Crippen LogP contribution in [0.5, 0.6) is 0 Å². The second kappa shape index (κ2) is 6.20. The molecule has 1 N–H and O–H groups in total. The van der Waals surface area contributed by atoms with Gasteiger partial charge in [0.2, 0.25) is 0 Å². The van der Waals surface area contributed by atoms with Crippen molar-refractivity contribution in [2.75, 3.05) is 32.1 Å². The molecule has 2 heterocycles. The molecule has 0 aliphatic carbocycles. The SMILES string of the molecule is CC(C)NCc1csc(N2CC(C)C(N(C)C)C2)n1. The Labute approximate surface area is 120 Å². The van der Waals surface area contributed by atoms with E-state index in [0.29, 0.717) is 18.0 Å².